The fourth-order valence-corrected chi connectivity index (χ4v) is 16.6. The van der Waals surface area contributed by atoms with Crippen LogP contribution in [0.2, 0.25) is 40.2 Å². The van der Waals surface area contributed by atoms with Gasteiger partial charge in [0.2, 0.25) is 17.1 Å². The lowest BCUT2D eigenvalue weighted by Gasteiger charge is -2.25. The molecule has 6 aromatic carbocycles. The number of fused-ring (bicyclic) bond motifs is 4. The molecule has 13 rings (SSSR count). The standard InChI is InChI=1S/C23H23Cl2N3O3S.C21H19Cl2N3O3S.C13H11Cl2N3O2S.C10H10Cl2O/c1-3-31-23(29)21-22(28(27-26-21)13-14-4-7-17(30-2)8-5-14)32-18-9-6-15-11-19(24)20(25)12-16(15)10-18;1-29-15-5-2-12(3-6-15)11-26-20(19(21(27)28)24-25-26)30-16-7-4-13-9-17(22)18(23)10-14(13)8-16;14-9-4-6-1-2-8(3-7(6)5-10(9)15)21-12-11(13(19)20)16-18-17-12;11-9-4-6-1-2-8(13)3-7(6)5-10(9)12/h4-5,7-8,11-12,18H,3,6,9-10,13H2,1-2H3;2-3,5-6,9-10,16H,4,7-8,11H2,1H3,(H,27,28);4-5,8H,1-3H2,(H,19,20)(H,16,17,18);4-5,8,13H,1-3H2. The summed E-state index contributed by atoms with van der Waals surface area (Å²) in [5, 5.41) is 61.4. The second-order valence-corrected chi connectivity index (χ2v) is 29.9. The number of nitrogens with zero attached hydrogens (tertiary/aromatic N) is 8. The minimum absolute atomic E-state index is 0.0200. The Morgan fingerprint density at radius 2 is 0.844 bits per heavy atom. The highest BCUT2D eigenvalue weighted by Crippen LogP contribution is 2.41. The summed E-state index contributed by atoms with van der Waals surface area (Å²) in [7, 11) is 3.25. The van der Waals surface area contributed by atoms with E-state index in [9.17, 15) is 24.6 Å². The number of esters is 1. The summed E-state index contributed by atoms with van der Waals surface area (Å²) in [5.74, 6) is -1.06. The number of hydrogen-bond acceptors (Lipinski definition) is 16. The van der Waals surface area contributed by atoms with Gasteiger partial charge < -0.3 is 29.5 Å². The number of rotatable bonds is 16. The van der Waals surface area contributed by atoms with Crippen LogP contribution < -0.4 is 9.47 Å². The molecular formula is C67H63Cl8N9O9S3. The quantitative estimate of drug-likeness (QED) is 0.0657. The number of thioether (sulfide) groups is 3. The molecule has 3 heterocycles. The maximum absolute atomic E-state index is 12.5. The zero-order valence-corrected chi connectivity index (χ0v) is 60.3. The number of aryl methyl sites for hydroxylation is 4. The van der Waals surface area contributed by atoms with Gasteiger partial charge in [-0.1, -0.05) is 139 Å². The number of carboxylic acids is 2. The van der Waals surface area contributed by atoms with Gasteiger partial charge in [0.1, 0.15) is 21.6 Å². The number of benzene rings is 6. The number of aliphatic hydroxyl groups excluding tert-OH is 1. The molecule has 4 N–H and O–H groups in total. The summed E-state index contributed by atoms with van der Waals surface area (Å²) in [6.45, 7) is 2.98. The zero-order valence-electron chi connectivity index (χ0n) is 51.8. The first kappa shape index (κ1) is 72.8. The van der Waals surface area contributed by atoms with E-state index >= 15 is 0 Å². The normalized spacial score (nSPS) is 16.7. The maximum atomic E-state index is 12.5. The van der Waals surface area contributed by atoms with Crippen molar-refractivity contribution in [2.75, 3.05) is 20.8 Å². The second-order valence-electron chi connectivity index (χ2n) is 22.8. The number of hydrogen-bond donors (Lipinski definition) is 4. The Bertz CT molecular complexity index is 4280. The largest absolute Gasteiger partial charge is 0.497 e. The van der Waals surface area contributed by atoms with E-state index < -0.39 is 17.9 Å². The lowest BCUT2D eigenvalue weighted by Crippen LogP contribution is -2.18. The number of aromatic amines is 1. The molecule has 4 unspecified atom stereocenters. The minimum atomic E-state index is -1.08. The van der Waals surface area contributed by atoms with Crippen molar-refractivity contribution in [1.82, 2.24) is 45.4 Å². The monoisotopic (exact) mass is 1510 g/mol. The number of methoxy groups -OCH3 is 2. The van der Waals surface area contributed by atoms with Crippen LogP contribution in [0.15, 0.2) is 112 Å². The Morgan fingerprint density at radius 1 is 0.490 bits per heavy atom. The molecule has 29 heteroatoms. The molecule has 18 nitrogen and oxygen atoms in total. The van der Waals surface area contributed by atoms with Crippen LogP contribution in [0.1, 0.15) is 120 Å². The van der Waals surface area contributed by atoms with Crippen LogP contribution in [-0.4, -0.2) is 121 Å². The number of carbonyl (C=O) groups is 3. The van der Waals surface area contributed by atoms with Crippen molar-refractivity contribution in [3.8, 4) is 11.5 Å². The summed E-state index contributed by atoms with van der Waals surface area (Å²) in [6.07, 6.45) is 10.1. The van der Waals surface area contributed by atoms with Crippen LogP contribution in [-0.2, 0) is 69.2 Å². The highest BCUT2D eigenvalue weighted by atomic mass is 35.5. The van der Waals surface area contributed by atoms with E-state index in [2.05, 4.69) is 36.0 Å². The van der Waals surface area contributed by atoms with Crippen LogP contribution in [0.25, 0.3) is 0 Å². The predicted molar refractivity (Wildman–Crippen MR) is 379 cm³/mol. The Kier molecular flexibility index (Phi) is 25.6. The van der Waals surface area contributed by atoms with Gasteiger partial charge in [-0.05, 0) is 212 Å². The van der Waals surface area contributed by atoms with Gasteiger partial charge in [-0.2, -0.15) is 5.21 Å². The molecule has 4 atom stereocenters. The van der Waals surface area contributed by atoms with Gasteiger partial charge in [-0.3, -0.25) is 0 Å². The number of carboxylic acid groups (broad SMARTS) is 2. The first-order chi connectivity index (χ1) is 46.1. The first-order valence-electron chi connectivity index (χ1n) is 30.4. The summed E-state index contributed by atoms with van der Waals surface area (Å²) < 4.78 is 19.1. The highest BCUT2D eigenvalue weighted by molar-refractivity contribution is 8.00. The second kappa shape index (κ2) is 33.8. The minimum Gasteiger partial charge on any atom is -0.497 e. The van der Waals surface area contributed by atoms with E-state index in [1.54, 1.807) is 42.3 Å². The lowest BCUT2D eigenvalue weighted by atomic mass is 9.90. The van der Waals surface area contributed by atoms with Gasteiger partial charge in [0.05, 0.1) is 80.2 Å². The molecule has 0 bridgehead atoms. The molecule has 0 fully saturated rings. The molecule has 3 aromatic heterocycles. The molecular weight excluding hydrogens is 1450 g/mol. The van der Waals surface area contributed by atoms with Crippen molar-refractivity contribution in [2.45, 2.75) is 134 Å². The molecule has 0 saturated carbocycles. The molecule has 0 aliphatic heterocycles. The van der Waals surface area contributed by atoms with Crippen molar-refractivity contribution in [2.24, 2.45) is 0 Å². The zero-order chi connectivity index (χ0) is 68.3. The number of nitrogens with one attached hydrogen (secondary N) is 1. The van der Waals surface area contributed by atoms with E-state index in [1.165, 1.54) is 51.3 Å². The fourth-order valence-electron chi connectivity index (χ4n) is 11.4. The van der Waals surface area contributed by atoms with E-state index in [4.69, 9.17) is 112 Å². The van der Waals surface area contributed by atoms with E-state index in [0.717, 1.165) is 110 Å². The molecule has 9 aromatic rings. The first-order valence-corrected chi connectivity index (χ1v) is 36.0. The SMILES string of the molecule is CCOC(=O)c1nnn(Cc2ccc(OC)cc2)c1SC1CCc2cc(Cl)c(Cl)cc2C1.COc1ccc(Cn2nnc(C(=O)O)c2SC2CCc3cc(Cl)c(Cl)cc3C2)cc1.O=C(O)c1n[nH]nc1SC1CCc2cc(Cl)c(Cl)cc2C1.OC1CCc2cc(Cl)c(Cl)cc2C1. The van der Waals surface area contributed by atoms with Gasteiger partial charge >= 0.3 is 17.9 Å². The third-order valence-electron chi connectivity index (χ3n) is 16.3. The van der Waals surface area contributed by atoms with Crippen molar-refractivity contribution >= 4 is 146 Å². The molecule has 0 radical (unpaired) electrons. The molecule has 0 saturated heterocycles. The summed E-state index contributed by atoms with van der Waals surface area (Å²) in [6, 6.07) is 30.7. The molecule has 4 aliphatic rings. The van der Waals surface area contributed by atoms with Gasteiger partial charge in [0.15, 0.2) is 5.03 Å². The molecule has 4 aliphatic carbocycles. The number of carbonyl (C=O) groups excluding carboxylic acids is 1. The lowest BCUT2D eigenvalue weighted by molar-refractivity contribution is 0.0513. The van der Waals surface area contributed by atoms with Crippen LogP contribution in [0, 0.1) is 0 Å². The van der Waals surface area contributed by atoms with Crippen molar-refractivity contribution in [3.63, 3.8) is 0 Å². The fraction of sp³-hybridized carbons (Fsp3) is 0.328. The van der Waals surface area contributed by atoms with Crippen LogP contribution in [0.3, 0.4) is 0 Å². The molecule has 504 valence electrons. The average molecular weight is 1520 g/mol. The Hall–Kier alpha value is -5.92. The summed E-state index contributed by atoms with van der Waals surface area (Å²) >= 11 is 53.2. The Morgan fingerprint density at radius 3 is 1.23 bits per heavy atom. The topological polar surface area (TPSA) is 243 Å². The Labute approximate surface area is 606 Å². The number of aliphatic hydroxyl groups is 1. The summed E-state index contributed by atoms with van der Waals surface area (Å²) in [5.41, 5.74) is 11.7. The van der Waals surface area contributed by atoms with Gasteiger partial charge in [0.25, 0.3) is 0 Å². The number of aromatic nitrogens is 9. The smallest absolute Gasteiger partial charge is 0.361 e. The molecule has 0 spiro atoms. The van der Waals surface area contributed by atoms with Crippen LogP contribution in [0.5, 0.6) is 11.5 Å². The maximum Gasteiger partial charge on any atom is 0.361 e. The summed E-state index contributed by atoms with van der Waals surface area (Å²) in [4.78, 5) is 35.3. The molecule has 0 amide bonds. The molecule has 96 heavy (non-hydrogen) atoms. The van der Waals surface area contributed by atoms with Crippen molar-refractivity contribution in [1.29, 1.82) is 0 Å². The Balaban J connectivity index is 0.000000145. The van der Waals surface area contributed by atoms with Crippen LogP contribution in [0.4, 0.5) is 0 Å². The third-order valence-corrected chi connectivity index (χ3v) is 23.2. The van der Waals surface area contributed by atoms with E-state index in [0.29, 0.717) is 74.8 Å². The van der Waals surface area contributed by atoms with Crippen molar-refractivity contribution in [3.05, 3.63) is 210 Å². The number of halogens is 8. The van der Waals surface area contributed by atoms with Gasteiger partial charge in [-0.15, -0.1) is 43.9 Å². The third kappa shape index (κ3) is 18.7. The van der Waals surface area contributed by atoms with Crippen molar-refractivity contribution < 1.29 is 43.9 Å². The number of ether oxygens (including phenoxy) is 3. The number of H-pyrrole nitrogens is 1. The van der Waals surface area contributed by atoms with Gasteiger partial charge in [0, 0.05) is 15.7 Å². The van der Waals surface area contributed by atoms with E-state index in [-0.39, 0.29) is 45.5 Å². The van der Waals surface area contributed by atoms with Gasteiger partial charge in [-0.25, -0.2) is 23.7 Å². The average Bonchev–Trinajstić information content (AvgIpc) is 1.34. The number of aromatic carboxylic acids is 2. The van der Waals surface area contributed by atoms with Crippen LogP contribution >= 0.6 is 128 Å². The van der Waals surface area contributed by atoms with E-state index in [1.807, 2.05) is 97.1 Å². The highest BCUT2D eigenvalue weighted by Gasteiger charge is 2.31. The predicted octanol–water partition coefficient (Wildman–Crippen LogP) is 16.8.